The van der Waals surface area contributed by atoms with E-state index in [9.17, 15) is 31.9 Å². The monoisotopic (exact) mass is 494 g/mol. The van der Waals surface area contributed by atoms with Gasteiger partial charge in [0.15, 0.2) is 6.10 Å². The van der Waals surface area contributed by atoms with Crippen LogP contribution in [0.1, 0.15) is 32.9 Å². The molecule has 2 heterocycles. The van der Waals surface area contributed by atoms with E-state index in [4.69, 9.17) is 9.85 Å². The summed E-state index contributed by atoms with van der Waals surface area (Å²) in [5.74, 6) is -4.25. The van der Waals surface area contributed by atoms with E-state index in [1.54, 1.807) is 0 Å². The number of rotatable bonds is 4. The first-order chi connectivity index (χ1) is 17.6. The smallest absolute Gasteiger partial charge is 0.382 e. The molecule has 4 rings (SSSR count). The minimum Gasteiger partial charge on any atom is -0.382 e. The van der Waals surface area contributed by atoms with Crippen LogP contribution in [0.2, 0.25) is 0 Å². The third-order valence-corrected chi connectivity index (χ3v) is 5.18. The van der Waals surface area contributed by atoms with Gasteiger partial charge in [0.05, 0.1) is 6.20 Å². The Morgan fingerprint density at radius 1 is 1.20 bits per heavy atom. The van der Waals surface area contributed by atoms with E-state index in [0.29, 0.717) is 22.2 Å². The summed E-state index contributed by atoms with van der Waals surface area (Å²) in [6, 6.07) is 6.21. The molecule has 7 nitrogen and oxygen atoms in total. The molecule has 4 aromatic rings. The number of nitrogens with one attached hydrogen (secondary N) is 1. The van der Waals surface area contributed by atoms with E-state index in [2.05, 4.69) is 15.3 Å². The number of hydrogen-bond donors (Lipinski definition) is 3. The van der Waals surface area contributed by atoms with Crippen molar-refractivity contribution in [2.24, 2.45) is 0 Å². The van der Waals surface area contributed by atoms with E-state index in [1.807, 2.05) is 0 Å². The number of aliphatic hydroxyl groups excluding tert-OH is 1. The molecule has 12 heteroatoms. The number of alkyl halides is 3. The predicted octanol–water partition coefficient (Wildman–Crippen LogP) is 4.56. The zero-order chi connectivity index (χ0) is 28.2. The standard InChI is InChI=1S/C23H18F5N5O2/c1-10-5-15(32-22(35)20(34)12-6-13(24)8-14(25)7-12)3-4-16(10)18-19-21(29)30-9-17(23(26,27)28)33(19)11(2)31-18/h3-9,20,34H,1-2H3,(H2,29,30)(H,32,35)/t20-/m1/s1/i2D3. The number of aryl methyl sites for hydroxylation is 2. The first-order valence-electron chi connectivity index (χ1n) is 11.4. The minimum atomic E-state index is -4.97. The van der Waals surface area contributed by atoms with Gasteiger partial charge in [-0.15, -0.1) is 0 Å². The molecule has 0 aliphatic carbocycles. The number of imidazole rings is 1. The Kier molecular flexibility index (Phi) is 5.00. The number of carbonyl (C=O) groups is 1. The van der Waals surface area contributed by atoms with Gasteiger partial charge in [-0.25, -0.2) is 18.7 Å². The number of aromatic nitrogens is 3. The Balaban J connectivity index is 1.76. The van der Waals surface area contributed by atoms with Crippen LogP contribution in [-0.2, 0) is 11.0 Å². The molecule has 0 radical (unpaired) electrons. The number of aliphatic hydroxyl groups is 1. The van der Waals surface area contributed by atoms with Crippen molar-refractivity contribution in [3.63, 3.8) is 0 Å². The van der Waals surface area contributed by atoms with Crippen molar-refractivity contribution < 1.29 is 36.0 Å². The number of halogens is 5. The first-order valence-corrected chi connectivity index (χ1v) is 9.88. The summed E-state index contributed by atoms with van der Waals surface area (Å²) in [6.45, 7) is -1.52. The lowest BCUT2D eigenvalue weighted by Crippen LogP contribution is -2.21. The van der Waals surface area contributed by atoms with E-state index in [1.165, 1.54) is 25.1 Å². The number of carbonyl (C=O) groups excluding carboxylic acids is 1. The highest BCUT2D eigenvalue weighted by atomic mass is 19.4. The molecule has 1 atom stereocenters. The van der Waals surface area contributed by atoms with E-state index >= 15 is 0 Å². The van der Waals surface area contributed by atoms with Crippen LogP contribution in [0.5, 0.6) is 0 Å². The summed E-state index contributed by atoms with van der Waals surface area (Å²) in [6.07, 6.45) is -6.46. The fourth-order valence-corrected chi connectivity index (χ4v) is 3.63. The van der Waals surface area contributed by atoms with Gasteiger partial charge in [-0.05, 0) is 49.2 Å². The highest BCUT2D eigenvalue weighted by molar-refractivity contribution is 5.95. The van der Waals surface area contributed by atoms with Crippen LogP contribution in [-0.4, -0.2) is 25.4 Å². The van der Waals surface area contributed by atoms with Crippen LogP contribution in [0.4, 0.5) is 33.5 Å². The SMILES string of the molecule is [2H]C([2H])([2H])c1nc(-c2ccc(NC(=O)[C@H](O)c3cc(F)cc(F)c3)cc2C)c2c(N)ncc(C(F)(F)F)n12. The van der Waals surface area contributed by atoms with Crippen molar-refractivity contribution >= 4 is 22.9 Å². The lowest BCUT2D eigenvalue weighted by atomic mass is 10.0. The van der Waals surface area contributed by atoms with Gasteiger partial charge in [0, 0.05) is 21.4 Å². The van der Waals surface area contributed by atoms with Crippen LogP contribution in [0.3, 0.4) is 0 Å². The maximum Gasteiger partial charge on any atom is 0.433 e. The van der Waals surface area contributed by atoms with Gasteiger partial charge in [-0.2, -0.15) is 13.2 Å². The Morgan fingerprint density at radius 2 is 1.89 bits per heavy atom. The van der Waals surface area contributed by atoms with Gasteiger partial charge in [0.2, 0.25) is 0 Å². The fourth-order valence-electron chi connectivity index (χ4n) is 3.63. The summed E-state index contributed by atoms with van der Waals surface area (Å²) in [5, 5.41) is 12.6. The van der Waals surface area contributed by atoms with Crippen LogP contribution >= 0.6 is 0 Å². The highest BCUT2D eigenvalue weighted by Gasteiger charge is 2.36. The summed E-state index contributed by atoms with van der Waals surface area (Å²) in [5.41, 5.74) is 4.26. The molecule has 0 aliphatic heterocycles. The molecule has 35 heavy (non-hydrogen) atoms. The van der Waals surface area contributed by atoms with Crippen molar-refractivity contribution in [3.05, 3.63) is 76.9 Å². The van der Waals surface area contributed by atoms with Crippen molar-refractivity contribution in [2.75, 3.05) is 11.1 Å². The number of hydrogen-bond acceptors (Lipinski definition) is 5. The van der Waals surface area contributed by atoms with E-state index in [0.717, 1.165) is 12.1 Å². The number of nitrogen functional groups attached to an aromatic ring is 1. The van der Waals surface area contributed by atoms with Gasteiger partial charge < -0.3 is 16.2 Å². The average Bonchev–Trinajstić information content (AvgIpc) is 3.19. The molecule has 0 spiro atoms. The molecular weight excluding hydrogens is 473 g/mol. The van der Waals surface area contributed by atoms with Crippen LogP contribution < -0.4 is 11.1 Å². The second-order valence-corrected chi connectivity index (χ2v) is 7.62. The Labute approximate surface area is 199 Å². The summed E-state index contributed by atoms with van der Waals surface area (Å²) in [7, 11) is 0. The maximum atomic E-state index is 13.7. The van der Waals surface area contributed by atoms with Gasteiger partial charge in [0.25, 0.3) is 5.91 Å². The van der Waals surface area contributed by atoms with Crippen molar-refractivity contribution in [1.29, 1.82) is 0 Å². The largest absolute Gasteiger partial charge is 0.433 e. The Bertz CT molecular complexity index is 1550. The van der Waals surface area contributed by atoms with Crippen molar-refractivity contribution in [2.45, 2.75) is 26.1 Å². The van der Waals surface area contributed by atoms with Gasteiger partial charge in [-0.3, -0.25) is 9.20 Å². The van der Waals surface area contributed by atoms with Gasteiger partial charge in [0.1, 0.15) is 40.2 Å². The number of fused-ring (bicyclic) bond motifs is 1. The number of nitrogens with two attached hydrogens (primary N) is 1. The summed E-state index contributed by atoms with van der Waals surface area (Å²) in [4.78, 5) is 20.0. The molecule has 182 valence electrons. The number of anilines is 2. The second-order valence-electron chi connectivity index (χ2n) is 7.62. The topological polar surface area (TPSA) is 106 Å². The molecule has 0 saturated carbocycles. The lowest BCUT2D eigenvalue weighted by Gasteiger charge is -2.14. The molecule has 4 N–H and O–H groups in total. The average molecular weight is 494 g/mol. The van der Waals surface area contributed by atoms with Crippen LogP contribution in [0.15, 0.2) is 42.6 Å². The normalized spacial score (nSPS) is 14.3. The quantitative estimate of drug-likeness (QED) is 0.361. The van der Waals surface area contributed by atoms with Crippen LogP contribution in [0.25, 0.3) is 16.8 Å². The molecule has 2 aromatic carbocycles. The number of benzene rings is 2. The molecule has 0 aliphatic rings. The zero-order valence-corrected chi connectivity index (χ0v) is 17.8. The van der Waals surface area contributed by atoms with E-state index in [-0.39, 0.29) is 28.0 Å². The molecular formula is C23H18F5N5O2. The summed E-state index contributed by atoms with van der Waals surface area (Å²) >= 11 is 0. The molecule has 1 amide bonds. The van der Waals surface area contributed by atoms with Crippen molar-refractivity contribution in [3.8, 4) is 11.3 Å². The minimum absolute atomic E-state index is 0.119. The first kappa shape index (κ1) is 20.3. The predicted molar refractivity (Wildman–Crippen MR) is 117 cm³/mol. The molecule has 0 fully saturated rings. The van der Waals surface area contributed by atoms with Gasteiger partial charge >= 0.3 is 6.18 Å². The molecule has 0 bridgehead atoms. The number of nitrogens with zero attached hydrogens (tertiary/aromatic N) is 3. The Morgan fingerprint density at radius 3 is 2.49 bits per heavy atom. The second kappa shape index (κ2) is 8.62. The third kappa shape index (κ3) is 4.52. The maximum absolute atomic E-state index is 13.7. The highest BCUT2D eigenvalue weighted by Crippen LogP contribution is 2.36. The van der Waals surface area contributed by atoms with E-state index < -0.39 is 54.0 Å². The third-order valence-electron chi connectivity index (χ3n) is 5.18. The number of amides is 1. The molecule has 2 aromatic heterocycles. The van der Waals surface area contributed by atoms with Crippen LogP contribution in [0, 0.1) is 25.4 Å². The zero-order valence-electron chi connectivity index (χ0n) is 20.8. The Hall–Kier alpha value is -4.06. The fraction of sp³-hybridized carbons (Fsp3) is 0.174. The molecule has 0 saturated heterocycles. The lowest BCUT2D eigenvalue weighted by molar-refractivity contribution is -0.142. The summed E-state index contributed by atoms with van der Waals surface area (Å²) < 4.78 is 91.5. The van der Waals surface area contributed by atoms with Gasteiger partial charge in [-0.1, -0.05) is 6.07 Å². The van der Waals surface area contributed by atoms with Crippen molar-refractivity contribution in [1.82, 2.24) is 14.4 Å². The molecule has 0 unspecified atom stereocenters.